The van der Waals surface area contributed by atoms with Gasteiger partial charge >= 0.3 is 0 Å². The topological polar surface area (TPSA) is 60.1 Å². The quantitative estimate of drug-likeness (QED) is 0.585. The standard InChI is InChI=1S/C19H14ClN3O2/c20-14-6-2-1-5-13(14)12-23-15-8-10-25-17(15)11-16(23)19(24)22-18-7-3-4-9-21-18/h1-11H,12H2,(H,21,22,24). The molecule has 0 aliphatic heterocycles. The van der Waals surface area contributed by atoms with Crippen LogP contribution in [0, 0.1) is 0 Å². The van der Waals surface area contributed by atoms with Crippen LogP contribution >= 0.6 is 11.6 Å². The molecule has 4 aromatic rings. The smallest absolute Gasteiger partial charge is 0.273 e. The molecule has 1 aromatic carbocycles. The van der Waals surface area contributed by atoms with Crippen LogP contribution in [0.1, 0.15) is 16.1 Å². The maximum absolute atomic E-state index is 12.7. The molecule has 5 nitrogen and oxygen atoms in total. The number of carbonyl (C=O) groups is 1. The van der Waals surface area contributed by atoms with E-state index < -0.39 is 0 Å². The molecule has 1 N–H and O–H groups in total. The number of hydrogen-bond acceptors (Lipinski definition) is 3. The number of furan rings is 1. The average Bonchev–Trinajstić information content (AvgIpc) is 3.20. The summed E-state index contributed by atoms with van der Waals surface area (Å²) >= 11 is 6.28. The normalized spacial score (nSPS) is 10.9. The van der Waals surface area contributed by atoms with Crippen LogP contribution in [-0.2, 0) is 6.54 Å². The number of aromatic nitrogens is 2. The first-order valence-electron chi connectivity index (χ1n) is 7.75. The lowest BCUT2D eigenvalue weighted by Gasteiger charge is -2.11. The Morgan fingerprint density at radius 1 is 1.16 bits per heavy atom. The first-order valence-corrected chi connectivity index (χ1v) is 8.13. The highest BCUT2D eigenvalue weighted by molar-refractivity contribution is 6.31. The van der Waals surface area contributed by atoms with Crippen LogP contribution in [0.5, 0.6) is 0 Å². The third-order valence-electron chi connectivity index (χ3n) is 3.95. The number of anilines is 1. The van der Waals surface area contributed by atoms with Crippen molar-refractivity contribution in [3.05, 3.63) is 83.3 Å². The van der Waals surface area contributed by atoms with Crippen molar-refractivity contribution in [3.63, 3.8) is 0 Å². The summed E-state index contributed by atoms with van der Waals surface area (Å²) < 4.78 is 7.35. The SMILES string of the molecule is O=C(Nc1ccccn1)c1cc2occc2n1Cc1ccccc1Cl. The fourth-order valence-corrected chi connectivity index (χ4v) is 2.95. The number of benzene rings is 1. The van der Waals surface area contributed by atoms with Gasteiger partial charge in [-0.15, -0.1) is 0 Å². The second kappa shape index (κ2) is 6.45. The number of carbonyl (C=O) groups excluding carboxylic acids is 1. The van der Waals surface area contributed by atoms with Gasteiger partial charge in [0.2, 0.25) is 0 Å². The van der Waals surface area contributed by atoms with Gasteiger partial charge in [0, 0.05) is 29.9 Å². The molecule has 3 heterocycles. The molecular weight excluding hydrogens is 338 g/mol. The predicted molar refractivity (Wildman–Crippen MR) is 96.9 cm³/mol. The minimum Gasteiger partial charge on any atom is -0.463 e. The molecule has 0 bridgehead atoms. The largest absolute Gasteiger partial charge is 0.463 e. The molecule has 0 aliphatic carbocycles. The number of nitrogens with one attached hydrogen (secondary N) is 1. The van der Waals surface area contributed by atoms with Crippen LogP contribution in [0.2, 0.25) is 5.02 Å². The Balaban J connectivity index is 1.73. The van der Waals surface area contributed by atoms with Gasteiger partial charge in [-0.1, -0.05) is 35.9 Å². The monoisotopic (exact) mass is 351 g/mol. The Bertz CT molecular complexity index is 1040. The molecule has 0 atom stereocenters. The van der Waals surface area contributed by atoms with Crippen molar-refractivity contribution in [2.75, 3.05) is 5.32 Å². The molecule has 1 amide bonds. The number of pyridine rings is 1. The lowest BCUT2D eigenvalue weighted by atomic mass is 10.2. The van der Waals surface area contributed by atoms with Crippen molar-refractivity contribution in [3.8, 4) is 0 Å². The second-order valence-electron chi connectivity index (χ2n) is 5.55. The summed E-state index contributed by atoms with van der Waals surface area (Å²) in [5.74, 6) is 0.242. The van der Waals surface area contributed by atoms with E-state index in [1.165, 1.54) is 0 Å². The minimum atomic E-state index is -0.253. The lowest BCUT2D eigenvalue weighted by molar-refractivity contribution is 0.101. The Labute approximate surface area is 148 Å². The van der Waals surface area contributed by atoms with Crippen molar-refractivity contribution >= 4 is 34.4 Å². The highest BCUT2D eigenvalue weighted by atomic mass is 35.5. The van der Waals surface area contributed by atoms with E-state index in [2.05, 4.69) is 10.3 Å². The van der Waals surface area contributed by atoms with Crippen LogP contribution in [0.3, 0.4) is 0 Å². The van der Waals surface area contributed by atoms with E-state index >= 15 is 0 Å². The van der Waals surface area contributed by atoms with Gasteiger partial charge in [-0.25, -0.2) is 4.98 Å². The zero-order valence-corrected chi connectivity index (χ0v) is 13.9. The summed E-state index contributed by atoms with van der Waals surface area (Å²) in [6, 6.07) is 16.5. The van der Waals surface area contributed by atoms with Gasteiger partial charge in [-0.3, -0.25) is 4.79 Å². The van der Waals surface area contributed by atoms with E-state index in [9.17, 15) is 4.79 Å². The van der Waals surface area contributed by atoms with Gasteiger partial charge < -0.3 is 14.3 Å². The van der Waals surface area contributed by atoms with E-state index in [4.69, 9.17) is 16.0 Å². The van der Waals surface area contributed by atoms with Crippen LogP contribution in [0.25, 0.3) is 11.1 Å². The molecular formula is C19H14ClN3O2. The summed E-state index contributed by atoms with van der Waals surface area (Å²) in [6.45, 7) is 0.466. The zero-order valence-electron chi connectivity index (χ0n) is 13.1. The van der Waals surface area contributed by atoms with Gasteiger partial charge in [-0.05, 0) is 23.8 Å². The summed E-state index contributed by atoms with van der Waals surface area (Å²) in [5, 5.41) is 3.46. The molecule has 3 aromatic heterocycles. The van der Waals surface area contributed by atoms with Crippen LogP contribution < -0.4 is 5.32 Å². The van der Waals surface area contributed by atoms with Crippen LogP contribution in [-0.4, -0.2) is 15.5 Å². The number of hydrogen-bond donors (Lipinski definition) is 1. The molecule has 0 saturated heterocycles. The van der Waals surface area contributed by atoms with E-state index in [0.29, 0.717) is 28.7 Å². The van der Waals surface area contributed by atoms with Gasteiger partial charge in [-0.2, -0.15) is 0 Å². The average molecular weight is 352 g/mol. The summed E-state index contributed by atoms with van der Waals surface area (Å²) in [6.07, 6.45) is 3.23. The number of rotatable bonds is 4. The molecule has 124 valence electrons. The molecule has 0 aliphatic rings. The molecule has 0 fully saturated rings. The summed E-state index contributed by atoms with van der Waals surface area (Å²) in [7, 11) is 0. The molecule has 0 unspecified atom stereocenters. The fourth-order valence-electron chi connectivity index (χ4n) is 2.75. The van der Waals surface area contributed by atoms with Crippen LogP contribution in [0.15, 0.2) is 71.5 Å². The molecule has 0 radical (unpaired) electrons. The Hall–Kier alpha value is -3.05. The maximum Gasteiger partial charge on any atom is 0.273 e. The lowest BCUT2D eigenvalue weighted by Crippen LogP contribution is -2.18. The first kappa shape index (κ1) is 15.5. The highest BCUT2D eigenvalue weighted by Crippen LogP contribution is 2.25. The van der Waals surface area contributed by atoms with Crippen LogP contribution in [0.4, 0.5) is 5.82 Å². The van der Waals surface area contributed by atoms with E-state index in [1.807, 2.05) is 41.0 Å². The van der Waals surface area contributed by atoms with E-state index in [0.717, 1.165) is 11.1 Å². The molecule has 4 rings (SSSR count). The second-order valence-corrected chi connectivity index (χ2v) is 5.95. The Morgan fingerprint density at radius 2 is 2.00 bits per heavy atom. The first-order chi connectivity index (χ1) is 12.2. The predicted octanol–water partition coefficient (Wildman–Crippen LogP) is 4.58. The van der Waals surface area contributed by atoms with E-state index in [-0.39, 0.29) is 5.91 Å². The van der Waals surface area contributed by atoms with Gasteiger partial charge in [0.05, 0.1) is 11.8 Å². The highest BCUT2D eigenvalue weighted by Gasteiger charge is 2.18. The number of halogens is 1. The van der Waals surface area contributed by atoms with Crippen molar-refractivity contribution in [2.45, 2.75) is 6.54 Å². The van der Waals surface area contributed by atoms with Crippen molar-refractivity contribution in [1.29, 1.82) is 0 Å². The third kappa shape index (κ3) is 3.02. The molecule has 0 spiro atoms. The third-order valence-corrected chi connectivity index (χ3v) is 4.32. The van der Waals surface area contributed by atoms with Crippen molar-refractivity contribution in [1.82, 2.24) is 9.55 Å². The summed E-state index contributed by atoms with van der Waals surface area (Å²) in [5.41, 5.74) is 2.90. The van der Waals surface area contributed by atoms with E-state index in [1.54, 1.807) is 30.7 Å². The number of amides is 1. The fraction of sp³-hybridized carbons (Fsp3) is 0.0526. The van der Waals surface area contributed by atoms with Gasteiger partial charge in [0.1, 0.15) is 11.5 Å². The summed E-state index contributed by atoms with van der Waals surface area (Å²) in [4.78, 5) is 16.9. The van der Waals surface area contributed by atoms with Gasteiger partial charge in [0.25, 0.3) is 5.91 Å². The minimum absolute atomic E-state index is 0.253. The molecule has 6 heteroatoms. The Kier molecular flexibility index (Phi) is 3.99. The molecule has 0 saturated carbocycles. The number of fused-ring (bicyclic) bond motifs is 1. The maximum atomic E-state index is 12.7. The van der Waals surface area contributed by atoms with Gasteiger partial charge in [0.15, 0.2) is 5.58 Å². The van der Waals surface area contributed by atoms with Crippen molar-refractivity contribution in [2.24, 2.45) is 0 Å². The zero-order chi connectivity index (χ0) is 17.2. The Morgan fingerprint density at radius 3 is 2.80 bits per heavy atom. The molecule has 25 heavy (non-hydrogen) atoms. The number of nitrogens with zero attached hydrogens (tertiary/aromatic N) is 2. The van der Waals surface area contributed by atoms with Crippen molar-refractivity contribution < 1.29 is 9.21 Å².